The maximum Gasteiger partial charge on any atom is 0.451 e. The van der Waals surface area contributed by atoms with Crippen molar-refractivity contribution in [1.29, 1.82) is 0 Å². The number of aromatic nitrogens is 2. The Balaban J connectivity index is 0.00000169. The van der Waals surface area contributed by atoms with Gasteiger partial charge in [0.25, 0.3) is 0 Å². The minimum atomic E-state index is -4.49. The Morgan fingerprint density at radius 3 is 2.00 bits per heavy atom. The summed E-state index contributed by atoms with van der Waals surface area (Å²) in [7, 11) is 0. The molecule has 1 atom stereocenters. The average Bonchev–Trinajstić information content (AvgIpc) is 2.03. The maximum absolute atomic E-state index is 12.0. The second kappa shape index (κ2) is 4.56. The van der Waals surface area contributed by atoms with Crippen LogP contribution in [0.1, 0.15) is 24.4 Å². The number of hydrogen-bond acceptors (Lipinski definition) is 3. The molecule has 0 spiro atoms. The average molecular weight is 228 g/mol. The van der Waals surface area contributed by atoms with Gasteiger partial charge in [-0.25, -0.2) is 9.97 Å². The lowest BCUT2D eigenvalue weighted by Crippen LogP contribution is -2.13. The van der Waals surface area contributed by atoms with Crippen LogP contribution >= 0.6 is 12.4 Å². The maximum atomic E-state index is 12.0. The van der Waals surface area contributed by atoms with Crippen molar-refractivity contribution in [1.82, 2.24) is 9.97 Å². The number of nitrogens with zero attached hydrogens (tertiary/aromatic N) is 2. The lowest BCUT2D eigenvalue weighted by Gasteiger charge is -2.06. The van der Waals surface area contributed by atoms with Gasteiger partial charge in [-0.15, -0.1) is 12.4 Å². The van der Waals surface area contributed by atoms with E-state index in [-0.39, 0.29) is 18.4 Å². The van der Waals surface area contributed by atoms with Crippen molar-refractivity contribution >= 4 is 12.4 Å². The molecule has 7 heteroatoms. The van der Waals surface area contributed by atoms with E-state index in [0.29, 0.717) is 5.56 Å². The van der Waals surface area contributed by atoms with E-state index in [1.807, 2.05) is 0 Å². The summed E-state index contributed by atoms with van der Waals surface area (Å²) in [5, 5.41) is 0. The summed E-state index contributed by atoms with van der Waals surface area (Å²) >= 11 is 0. The highest BCUT2D eigenvalue weighted by Gasteiger charge is 2.34. The number of nitrogens with two attached hydrogens (primary N) is 1. The Labute approximate surface area is 85.0 Å². The van der Waals surface area contributed by atoms with E-state index in [4.69, 9.17) is 5.73 Å². The van der Waals surface area contributed by atoms with Crippen LogP contribution in [0.4, 0.5) is 13.2 Å². The monoisotopic (exact) mass is 227 g/mol. The molecule has 0 aliphatic rings. The summed E-state index contributed by atoms with van der Waals surface area (Å²) in [6.45, 7) is 1.64. The molecule has 0 aromatic carbocycles. The minimum Gasteiger partial charge on any atom is -0.324 e. The summed E-state index contributed by atoms with van der Waals surface area (Å²) < 4.78 is 35.9. The lowest BCUT2D eigenvalue weighted by molar-refractivity contribution is -0.145. The van der Waals surface area contributed by atoms with Gasteiger partial charge in [0.2, 0.25) is 5.82 Å². The molecule has 80 valence electrons. The van der Waals surface area contributed by atoms with Gasteiger partial charge in [-0.1, -0.05) is 0 Å². The van der Waals surface area contributed by atoms with Gasteiger partial charge in [-0.2, -0.15) is 13.2 Å². The first-order valence-corrected chi connectivity index (χ1v) is 3.56. The molecule has 0 saturated heterocycles. The summed E-state index contributed by atoms with van der Waals surface area (Å²) in [6, 6.07) is -0.359. The van der Waals surface area contributed by atoms with Crippen molar-refractivity contribution in [3.8, 4) is 0 Å². The predicted octanol–water partition coefficient (Wildman–Crippen LogP) is 1.94. The van der Waals surface area contributed by atoms with Crippen LogP contribution in [0.2, 0.25) is 0 Å². The molecule has 1 heterocycles. The van der Waals surface area contributed by atoms with E-state index in [1.54, 1.807) is 6.92 Å². The third-order valence-corrected chi connectivity index (χ3v) is 1.45. The molecule has 1 rings (SSSR count). The van der Waals surface area contributed by atoms with E-state index in [2.05, 4.69) is 9.97 Å². The zero-order chi connectivity index (χ0) is 10.1. The highest BCUT2D eigenvalue weighted by atomic mass is 35.5. The normalized spacial score (nSPS) is 13.2. The van der Waals surface area contributed by atoms with Crippen molar-refractivity contribution in [2.75, 3.05) is 0 Å². The molecule has 0 aliphatic carbocycles. The highest BCUT2D eigenvalue weighted by molar-refractivity contribution is 5.85. The van der Waals surface area contributed by atoms with Gasteiger partial charge < -0.3 is 5.73 Å². The first-order chi connectivity index (χ1) is 5.91. The van der Waals surface area contributed by atoms with E-state index in [0.717, 1.165) is 12.4 Å². The third kappa shape index (κ3) is 3.12. The van der Waals surface area contributed by atoms with E-state index < -0.39 is 12.0 Å². The fraction of sp³-hybridized carbons (Fsp3) is 0.429. The van der Waals surface area contributed by atoms with E-state index in [9.17, 15) is 13.2 Å². The van der Waals surface area contributed by atoms with Crippen molar-refractivity contribution in [2.45, 2.75) is 19.1 Å². The second-order valence-corrected chi connectivity index (χ2v) is 2.63. The number of rotatable bonds is 1. The van der Waals surface area contributed by atoms with Crippen LogP contribution in [-0.4, -0.2) is 9.97 Å². The summed E-state index contributed by atoms with van der Waals surface area (Å²) in [5.41, 5.74) is 5.89. The molecule has 3 nitrogen and oxygen atoms in total. The number of alkyl halides is 3. The fourth-order valence-corrected chi connectivity index (χ4v) is 0.720. The predicted molar refractivity (Wildman–Crippen MR) is 46.9 cm³/mol. The van der Waals surface area contributed by atoms with Crippen LogP contribution in [-0.2, 0) is 6.18 Å². The van der Waals surface area contributed by atoms with Gasteiger partial charge in [-0.3, -0.25) is 0 Å². The van der Waals surface area contributed by atoms with Crippen molar-refractivity contribution in [2.24, 2.45) is 5.73 Å². The quantitative estimate of drug-likeness (QED) is 0.798. The van der Waals surface area contributed by atoms with Gasteiger partial charge in [0.1, 0.15) is 0 Å². The van der Waals surface area contributed by atoms with Crippen molar-refractivity contribution in [3.05, 3.63) is 23.8 Å². The molecule has 2 N–H and O–H groups in total. The molecule has 1 aromatic heterocycles. The van der Waals surface area contributed by atoms with Gasteiger partial charge in [0, 0.05) is 24.0 Å². The van der Waals surface area contributed by atoms with Crippen LogP contribution in [0.3, 0.4) is 0 Å². The molecule has 0 aliphatic heterocycles. The van der Waals surface area contributed by atoms with Crippen LogP contribution in [0.15, 0.2) is 12.4 Å². The van der Waals surface area contributed by atoms with E-state index in [1.165, 1.54) is 0 Å². The molecule has 14 heavy (non-hydrogen) atoms. The van der Waals surface area contributed by atoms with Crippen molar-refractivity contribution < 1.29 is 13.2 Å². The first kappa shape index (κ1) is 13.1. The smallest absolute Gasteiger partial charge is 0.324 e. The number of halogens is 4. The molecular weight excluding hydrogens is 219 g/mol. The Kier molecular flexibility index (Phi) is 4.28. The van der Waals surface area contributed by atoms with Crippen LogP contribution in [0.25, 0.3) is 0 Å². The van der Waals surface area contributed by atoms with Crippen LogP contribution in [0.5, 0.6) is 0 Å². The topological polar surface area (TPSA) is 51.8 Å². The number of hydrogen-bond donors (Lipinski definition) is 1. The molecule has 0 amide bonds. The van der Waals surface area contributed by atoms with E-state index >= 15 is 0 Å². The highest BCUT2D eigenvalue weighted by Crippen LogP contribution is 2.25. The summed E-state index contributed by atoms with van der Waals surface area (Å²) in [6.07, 6.45) is -2.32. The third-order valence-electron chi connectivity index (χ3n) is 1.45. The molecule has 0 radical (unpaired) electrons. The molecule has 0 unspecified atom stereocenters. The molecule has 0 bridgehead atoms. The van der Waals surface area contributed by atoms with Crippen LogP contribution in [0, 0.1) is 0 Å². The molecule has 1 aromatic rings. The Bertz CT molecular complexity index is 283. The molecule has 0 saturated carbocycles. The zero-order valence-electron chi connectivity index (χ0n) is 7.25. The Morgan fingerprint density at radius 1 is 1.29 bits per heavy atom. The van der Waals surface area contributed by atoms with Crippen LogP contribution < -0.4 is 5.73 Å². The van der Waals surface area contributed by atoms with Gasteiger partial charge >= 0.3 is 6.18 Å². The fourth-order valence-electron chi connectivity index (χ4n) is 0.720. The zero-order valence-corrected chi connectivity index (χ0v) is 8.06. The molecular formula is C7H9ClF3N3. The lowest BCUT2D eigenvalue weighted by atomic mass is 10.2. The summed E-state index contributed by atoms with van der Waals surface area (Å²) in [5.74, 6) is -1.14. The van der Waals surface area contributed by atoms with Gasteiger partial charge in [0.15, 0.2) is 0 Å². The first-order valence-electron chi connectivity index (χ1n) is 3.56. The SMILES string of the molecule is C[C@H](N)c1cnc(C(F)(F)F)nc1.Cl. The molecule has 0 fully saturated rings. The largest absolute Gasteiger partial charge is 0.451 e. The van der Waals surface area contributed by atoms with Crippen molar-refractivity contribution in [3.63, 3.8) is 0 Å². The minimum absolute atomic E-state index is 0. The van der Waals surface area contributed by atoms with Gasteiger partial charge in [0.05, 0.1) is 0 Å². The standard InChI is InChI=1S/C7H8F3N3.ClH/c1-4(11)5-2-12-6(13-3-5)7(8,9)10;/h2-4H,11H2,1H3;1H/t4-;/m0./s1. The second-order valence-electron chi connectivity index (χ2n) is 2.63. The summed E-state index contributed by atoms with van der Waals surface area (Å²) in [4.78, 5) is 6.31. The Hall–Kier alpha value is -0.880. The van der Waals surface area contributed by atoms with Gasteiger partial charge in [-0.05, 0) is 6.92 Å². The Morgan fingerprint density at radius 2 is 1.71 bits per heavy atom.